The van der Waals surface area contributed by atoms with Crippen molar-refractivity contribution in [2.24, 2.45) is 0 Å². The molecule has 0 aliphatic carbocycles. The second-order valence-corrected chi connectivity index (χ2v) is 5.42. The highest BCUT2D eigenvalue weighted by molar-refractivity contribution is 6.33. The van der Waals surface area contributed by atoms with Crippen LogP contribution >= 0.6 is 11.6 Å². The molecule has 0 aliphatic heterocycles. The lowest BCUT2D eigenvalue weighted by Crippen LogP contribution is -2.06. The van der Waals surface area contributed by atoms with Gasteiger partial charge < -0.3 is 15.8 Å². The number of para-hydroxylation sites is 1. The topological polar surface area (TPSA) is 47.3 Å². The largest absolute Gasteiger partial charge is 0.491 e. The molecule has 106 valence electrons. The summed E-state index contributed by atoms with van der Waals surface area (Å²) in [5.41, 5.74) is 9.38. The fourth-order valence-corrected chi connectivity index (χ4v) is 2.24. The molecule has 2 rings (SSSR count). The zero-order valence-electron chi connectivity index (χ0n) is 11.9. The van der Waals surface area contributed by atoms with Crippen molar-refractivity contribution in [3.05, 3.63) is 47.0 Å². The summed E-state index contributed by atoms with van der Waals surface area (Å²) in [6, 6.07) is 11.4. The smallest absolute Gasteiger partial charge is 0.123 e. The number of rotatable bonds is 4. The van der Waals surface area contributed by atoms with Crippen LogP contribution in [-0.2, 0) is 0 Å². The van der Waals surface area contributed by atoms with Gasteiger partial charge in [-0.05, 0) is 38.5 Å². The molecule has 0 atom stereocenters. The minimum absolute atomic E-state index is 0.103. The molecule has 0 heterocycles. The minimum Gasteiger partial charge on any atom is -0.491 e. The predicted octanol–water partition coefficient (Wildman–Crippen LogP) is 4.76. The van der Waals surface area contributed by atoms with Crippen LogP contribution < -0.4 is 15.8 Å². The molecule has 0 aromatic heterocycles. The van der Waals surface area contributed by atoms with Crippen LogP contribution in [0.3, 0.4) is 0 Å². The Morgan fingerprint density at radius 3 is 2.60 bits per heavy atom. The number of halogens is 1. The highest BCUT2D eigenvalue weighted by Crippen LogP contribution is 2.31. The lowest BCUT2D eigenvalue weighted by atomic mass is 10.2. The van der Waals surface area contributed by atoms with Crippen molar-refractivity contribution >= 4 is 28.7 Å². The van der Waals surface area contributed by atoms with Gasteiger partial charge in [0.05, 0.1) is 16.8 Å². The molecule has 3 nitrogen and oxygen atoms in total. The first-order valence-electron chi connectivity index (χ1n) is 6.55. The van der Waals surface area contributed by atoms with E-state index < -0.39 is 0 Å². The van der Waals surface area contributed by atoms with Crippen LogP contribution in [0.5, 0.6) is 5.75 Å². The van der Waals surface area contributed by atoms with Gasteiger partial charge in [0, 0.05) is 23.5 Å². The van der Waals surface area contributed by atoms with Gasteiger partial charge in [-0.1, -0.05) is 23.7 Å². The maximum Gasteiger partial charge on any atom is 0.123 e. The Balaban J connectivity index is 2.31. The highest BCUT2D eigenvalue weighted by atomic mass is 35.5. The average Bonchev–Trinajstić information content (AvgIpc) is 2.32. The molecule has 2 aromatic carbocycles. The summed E-state index contributed by atoms with van der Waals surface area (Å²) in [5, 5.41) is 3.98. The summed E-state index contributed by atoms with van der Waals surface area (Å²) in [6.07, 6.45) is 0.103. The lowest BCUT2D eigenvalue weighted by Gasteiger charge is -2.15. The van der Waals surface area contributed by atoms with Gasteiger partial charge in [0.25, 0.3) is 0 Å². The van der Waals surface area contributed by atoms with E-state index in [1.54, 1.807) is 0 Å². The van der Waals surface area contributed by atoms with E-state index in [0.29, 0.717) is 10.7 Å². The van der Waals surface area contributed by atoms with Gasteiger partial charge in [0.1, 0.15) is 5.75 Å². The Morgan fingerprint density at radius 2 is 1.95 bits per heavy atom. The maximum absolute atomic E-state index is 6.22. The van der Waals surface area contributed by atoms with E-state index in [-0.39, 0.29) is 6.10 Å². The second-order valence-electron chi connectivity index (χ2n) is 5.01. The van der Waals surface area contributed by atoms with Crippen molar-refractivity contribution in [2.45, 2.75) is 26.9 Å². The first kappa shape index (κ1) is 14.5. The normalized spacial score (nSPS) is 10.7. The summed E-state index contributed by atoms with van der Waals surface area (Å²) in [5.74, 6) is 0.743. The third-order valence-electron chi connectivity index (χ3n) is 2.79. The number of hydrogen-bond acceptors (Lipinski definition) is 3. The van der Waals surface area contributed by atoms with Gasteiger partial charge >= 0.3 is 0 Å². The van der Waals surface area contributed by atoms with Gasteiger partial charge in [-0.25, -0.2) is 0 Å². The van der Waals surface area contributed by atoms with Crippen LogP contribution in [-0.4, -0.2) is 6.10 Å². The van der Waals surface area contributed by atoms with Crippen LogP contribution in [0.2, 0.25) is 5.02 Å². The van der Waals surface area contributed by atoms with Crippen LogP contribution in [0.15, 0.2) is 36.4 Å². The molecule has 0 saturated heterocycles. The fraction of sp³-hybridized carbons (Fsp3) is 0.250. The van der Waals surface area contributed by atoms with Gasteiger partial charge in [-0.2, -0.15) is 0 Å². The van der Waals surface area contributed by atoms with E-state index in [2.05, 4.69) is 5.32 Å². The Bertz CT molecular complexity index is 591. The molecule has 0 bridgehead atoms. The Morgan fingerprint density at radius 1 is 1.20 bits per heavy atom. The van der Waals surface area contributed by atoms with Crippen molar-refractivity contribution < 1.29 is 4.74 Å². The molecule has 0 spiro atoms. The molecule has 0 unspecified atom stereocenters. The van der Waals surface area contributed by atoms with E-state index in [4.69, 9.17) is 22.1 Å². The Hall–Kier alpha value is -1.87. The zero-order chi connectivity index (χ0) is 14.7. The molecule has 3 N–H and O–H groups in total. The summed E-state index contributed by atoms with van der Waals surface area (Å²) in [4.78, 5) is 0. The summed E-state index contributed by atoms with van der Waals surface area (Å²) >= 11 is 6.22. The summed E-state index contributed by atoms with van der Waals surface area (Å²) in [7, 11) is 0. The predicted molar refractivity (Wildman–Crippen MR) is 86.1 cm³/mol. The van der Waals surface area contributed by atoms with Crippen molar-refractivity contribution in [3.8, 4) is 5.75 Å². The van der Waals surface area contributed by atoms with E-state index >= 15 is 0 Å². The second kappa shape index (κ2) is 6.06. The van der Waals surface area contributed by atoms with E-state index in [1.165, 1.54) is 0 Å². The number of anilines is 3. The number of nitrogen functional groups attached to an aromatic ring is 1. The van der Waals surface area contributed by atoms with Gasteiger partial charge in [-0.3, -0.25) is 0 Å². The molecular weight excluding hydrogens is 272 g/mol. The molecule has 20 heavy (non-hydrogen) atoms. The number of nitrogens with two attached hydrogens (primary N) is 1. The molecule has 2 aromatic rings. The molecule has 0 radical (unpaired) electrons. The Labute approximate surface area is 124 Å². The number of nitrogens with one attached hydrogen (secondary N) is 1. The lowest BCUT2D eigenvalue weighted by molar-refractivity contribution is 0.242. The minimum atomic E-state index is 0.103. The van der Waals surface area contributed by atoms with Crippen molar-refractivity contribution in [1.29, 1.82) is 0 Å². The molecule has 0 saturated carbocycles. The SMILES string of the molecule is Cc1cccc(Cl)c1Nc1cc(N)cc(OC(C)C)c1. The van der Waals surface area contributed by atoms with E-state index in [9.17, 15) is 0 Å². The molecule has 0 aliphatic rings. The summed E-state index contributed by atoms with van der Waals surface area (Å²) < 4.78 is 5.68. The fourth-order valence-electron chi connectivity index (χ4n) is 1.97. The van der Waals surface area contributed by atoms with Crippen LogP contribution in [0.25, 0.3) is 0 Å². The number of hydrogen-bond donors (Lipinski definition) is 2. The summed E-state index contributed by atoms with van der Waals surface area (Å²) in [6.45, 7) is 5.97. The quantitative estimate of drug-likeness (QED) is 0.798. The molecule has 0 fully saturated rings. The van der Waals surface area contributed by atoms with Gasteiger partial charge in [0.15, 0.2) is 0 Å². The monoisotopic (exact) mass is 290 g/mol. The van der Waals surface area contributed by atoms with Crippen LogP contribution in [0, 0.1) is 6.92 Å². The maximum atomic E-state index is 6.22. The molecular formula is C16H19ClN2O. The van der Waals surface area contributed by atoms with Crippen molar-refractivity contribution in [3.63, 3.8) is 0 Å². The third kappa shape index (κ3) is 3.58. The van der Waals surface area contributed by atoms with Gasteiger partial charge in [-0.15, -0.1) is 0 Å². The number of ether oxygens (including phenoxy) is 1. The van der Waals surface area contributed by atoms with Crippen molar-refractivity contribution in [2.75, 3.05) is 11.1 Å². The number of benzene rings is 2. The molecule has 0 amide bonds. The highest BCUT2D eigenvalue weighted by Gasteiger charge is 2.07. The Kier molecular flexibility index (Phi) is 4.40. The first-order valence-corrected chi connectivity index (χ1v) is 6.93. The van der Waals surface area contributed by atoms with Gasteiger partial charge in [0.2, 0.25) is 0 Å². The average molecular weight is 291 g/mol. The first-order chi connectivity index (χ1) is 9.45. The zero-order valence-corrected chi connectivity index (χ0v) is 12.7. The van der Waals surface area contributed by atoms with Crippen LogP contribution in [0.4, 0.5) is 17.1 Å². The number of aryl methyl sites for hydroxylation is 1. The van der Waals surface area contributed by atoms with Crippen LogP contribution in [0.1, 0.15) is 19.4 Å². The standard InChI is InChI=1S/C16H19ClN2O/c1-10(2)20-14-8-12(18)7-13(9-14)19-16-11(3)5-4-6-15(16)17/h4-10,19H,18H2,1-3H3. The molecule has 4 heteroatoms. The van der Waals surface area contributed by atoms with Crippen molar-refractivity contribution in [1.82, 2.24) is 0 Å². The van der Waals surface area contributed by atoms with E-state index in [0.717, 1.165) is 22.7 Å². The van der Waals surface area contributed by atoms with E-state index in [1.807, 2.05) is 57.2 Å². The third-order valence-corrected chi connectivity index (χ3v) is 3.11.